The van der Waals surface area contributed by atoms with Crippen LogP contribution in [0.25, 0.3) is 5.00 Å². The molecule has 0 saturated heterocycles. The number of thiophene rings is 1. The van der Waals surface area contributed by atoms with Gasteiger partial charge in [0.1, 0.15) is 17.4 Å². The Morgan fingerprint density at radius 3 is 3.00 bits per heavy atom. The zero-order valence-corrected chi connectivity index (χ0v) is 12.7. The molecule has 0 N–H and O–H groups in total. The monoisotopic (exact) mass is 315 g/mol. The van der Waals surface area contributed by atoms with Crippen LogP contribution >= 0.6 is 22.9 Å². The van der Waals surface area contributed by atoms with Crippen molar-refractivity contribution in [3.05, 3.63) is 57.7 Å². The molecule has 0 aromatic carbocycles. The van der Waals surface area contributed by atoms with Gasteiger partial charge in [0.15, 0.2) is 5.82 Å². The van der Waals surface area contributed by atoms with Gasteiger partial charge in [0, 0.05) is 11.8 Å². The molecule has 4 heterocycles. The van der Waals surface area contributed by atoms with Crippen molar-refractivity contribution in [3.63, 3.8) is 0 Å². The Kier molecular flexibility index (Phi) is 2.87. The highest BCUT2D eigenvalue weighted by Gasteiger charge is 2.24. The molecule has 21 heavy (non-hydrogen) atoms. The first kappa shape index (κ1) is 12.7. The first-order valence-corrected chi connectivity index (χ1v) is 7.60. The molecule has 1 aliphatic heterocycles. The fourth-order valence-corrected chi connectivity index (χ4v) is 3.70. The van der Waals surface area contributed by atoms with Crippen LogP contribution in [0.15, 0.2) is 35.5 Å². The Morgan fingerprint density at radius 2 is 2.19 bits per heavy atom. The summed E-state index contributed by atoms with van der Waals surface area (Å²) in [5.74, 6) is 1.65. The van der Waals surface area contributed by atoms with E-state index in [1.165, 1.54) is 11.3 Å². The molecule has 3 aromatic rings. The fourth-order valence-electron chi connectivity index (χ4n) is 2.42. The van der Waals surface area contributed by atoms with E-state index < -0.39 is 0 Å². The highest BCUT2D eigenvalue weighted by Crippen LogP contribution is 2.34. The summed E-state index contributed by atoms with van der Waals surface area (Å²) >= 11 is 7.73. The first-order valence-electron chi connectivity index (χ1n) is 6.41. The molecular weight excluding hydrogens is 306 g/mol. The van der Waals surface area contributed by atoms with E-state index in [0.29, 0.717) is 10.9 Å². The molecule has 0 unspecified atom stereocenters. The van der Waals surface area contributed by atoms with E-state index in [-0.39, 0.29) is 0 Å². The van der Waals surface area contributed by atoms with Crippen molar-refractivity contribution in [1.82, 2.24) is 19.7 Å². The molecule has 0 bridgehead atoms. The van der Waals surface area contributed by atoms with Crippen LogP contribution in [0.5, 0.6) is 0 Å². The molecule has 0 aliphatic carbocycles. The van der Waals surface area contributed by atoms with Crippen LogP contribution in [0, 0.1) is 6.92 Å². The quantitative estimate of drug-likeness (QED) is 0.693. The average Bonchev–Trinajstić information content (AvgIpc) is 3.00. The van der Waals surface area contributed by atoms with Gasteiger partial charge in [-0.3, -0.25) is 14.5 Å². The summed E-state index contributed by atoms with van der Waals surface area (Å²) in [6, 6.07) is 7.73. The Morgan fingerprint density at radius 1 is 1.29 bits per heavy atom. The lowest BCUT2D eigenvalue weighted by Crippen LogP contribution is -2.06. The van der Waals surface area contributed by atoms with Gasteiger partial charge >= 0.3 is 0 Å². The van der Waals surface area contributed by atoms with Crippen LogP contribution < -0.4 is 0 Å². The number of aryl methyl sites for hydroxylation is 1. The standard InChI is InChI=1S/C14H10ClN5S/c1-8-18-19-12-7-17-13(10-4-2-3-5-16-10)9-6-11(15)21-14(9)20(8)12/h2-6H,7H2,1H3. The summed E-state index contributed by atoms with van der Waals surface area (Å²) in [4.78, 5) is 9.09. The van der Waals surface area contributed by atoms with Gasteiger partial charge in [-0.05, 0) is 25.1 Å². The summed E-state index contributed by atoms with van der Waals surface area (Å²) in [6.45, 7) is 2.41. The summed E-state index contributed by atoms with van der Waals surface area (Å²) in [5, 5.41) is 9.34. The molecule has 0 amide bonds. The Balaban J connectivity index is 1.99. The molecule has 3 aromatic heterocycles. The lowest BCUT2D eigenvalue weighted by Gasteiger charge is -2.06. The summed E-state index contributed by atoms with van der Waals surface area (Å²) in [7, 11) is 0. The Bertz CT molecular complexity index is 850. The topological polar surface area (TPSA) is 56.0 Å². The third-order valence-electron chi connectivity index (χ3n) is 3.32. The number of hydrogen-bond donors (Lipinski definition) is 0. The van der Waals surface area contributed by atoms with Crippen LogP contribution in [-0.2, 0) is 6.54 Å². The molecule has 104 valence electrons. The van der Waals surface area contributed by atoms with Crippen LogP contribution in [0.2, 0.25) is 4.34 Å². The van der Waals surface area contributed by atoms with Crippen LogP contribution in [0.3, 0.4) is 0 Å². The highest BCUT2D eigenvalue weighted by molar-refractivity contribution is 7.19. The largest absolute Gasteiger partial charge is 0.274 e. The second kappa shape index (κ2) is 4.75. The summed E-state index contributed by atoms with van der Waals surface area (Å²) in [5.41, 5.74) is 2.66. The van der Waals surface area contributed by atoms with Crippen molar-refractivity contribution < 1.29 is 0 Å². The van der Waals surface area contributed by atoms with Gasteiger partial charge in [-0.25, -0.2) is 0 Å². The summed E-state index contributed by atoms with van der Waals surface area (Å²) < 4.78 is 2.73. The number of aliphatic imine (C=N–C) groups is 1. The number of halogens is 1. The van der Waals surface area contributed by atoms with Gasteiger partial charge in [-0.2, -0.15) is 0 Å². The zero-order valence-electron chi connectivity index (χ0n) is 11.1. The second-order valence-electron chi connectivity index (χ2n) is 4.65. The molecular formula is C14H10ClN5S. The Labute approximate surface area is 130 Å². The van der Waals surface area contributed by atoms with Gasteiger partial charge in [0.2, 0.25) is 0 Å². The van der Waals surface area contributed by atoms with Crippen molar-refractivity contribution in [2.24, 2.45) is 4.99 Å². The van der Waals surface area contributed by atoms with Gasteiger partial charge in [0.05, 0.1) is 15.7 Å². The van der Waals surface area contributed by atoms with Crippen LogP contribution in [0.4, 0.5) is 0 Å². The molecule has 1 aliphatic rings. The van der Waals surface area contributed by atoms with E-state index in [4.69, 9.17) is 11.6 Å². The van der Waals surface area contributed by atoms with Crippen molar-refractivity contribution in [2.45, 2.75) is 13.5 Å². The van der Waals surface area contributed by atoms with Crippen LogP contribution in [-0.4, -0.2) is 25.5 Å². The van der Waals surface area contributed by atoms with E-state index in [0.717, 1.165) is 33.6 Å². The number of nitrogens with zero attached hydrogens (tertiary/aromatic N) is 5. The predicted octanol–water partition coefficient (Wildman–Crippen LogP) is 3.04. The number of fused-ring (bicyclic) bond motifs is 3. The first-order chi connectivity index (χ1) is 10.2. The zero-order chi connectivity index (χ0) is 14.4. The minimum absolute atomic E-state index is 0.478. The fraction of sp³-hybridized carbons (Fsp3) is 0.143. The van der Waals surface area contributed by atoms with Crippen molar-refractivity contribution in [3.8, 4) is 5.00 Å². The van der Waals surface area contributed by atoms with Crippen molar-refractivity contribution in [1.29, 1.82) is 0 Å². The Hall–Kier alpha value is -2.05. The van der Waals surface area contributed by atoms with Gasteiger partial charge < -0.3 is 0 Å². The molecule has 4 rings (SSSR count). The molecule has 0 saturated carbocycles. The lowest BCUT2D eigenvalue weighted by atomic mass is 10.1. The lowest BCUT2D eigenvalue weighted by molar-refractivity contribution is 0.869. The van der Waals surface area contributed by atoms with E-state index in [1.54, 1.807) is 6.20 Å². The third kappa shape index (κ3) is 1.99. The van der Waals surface area contributed by atoms with Gasteiger partial charge in [-0.15, -0.1) is 21.5 Å². The van der Waals surface area contributed by atoms with Gasteiger partial charge in [0.25, 0.3) is 0 Å². The second-order valence-corrected chi connectivity index (χ2v) is 6.31. The number of aromatic nitrogens is 4. The summed E-state index contributed by atoms with van der Waals surface area (Å²) in [6.07, 6.45) is 1.77. The van der Waals surface area contributed by atoms with E-state index in [2.05, 4.69) is 20.2 Å². The predicted molar refractivity (Wildman–Crippen MR) is 82.6 cm³/mol. The number of hydrogen-bond acceptors (Lipinski definition) is 5. The SMILES string of the molecule is Cc1nnc2n1-c1sc(Cl)cc1C(c1ccccn1)=NC2. The molecule has 0 fully saturated rings. The van der Waals surface area contributed by atoms with E-state index in [9.17, 15) is 0 Å². The van der Waals surface area contributed by atoms with Gasteiger partial charge in [-0.1, -0.05) is 17.7 Å². The van der Waals surface area contributed by atoms with E-state index in [1.807, 2.05) is 35.8 Å². The highest BCUT2D eigenvalue weighted by atomic mass is 35.5. The minimum Gasteiger partial charge on any atom is -0.274 e. The normalized spacial score (nSPS) is 13.3. The molecule has 0 radical (unpaired) electrons. The van der Waals surface area contributed by atoms with E-state index >= 15 is 0 Å². The minimum atomic E-state index is 0.478. The smallest absolute Gasteiger partial charge is 0.160 e. The maximum absolute atomic E-state index is 6.23. The van der Waals surface area contributed by atoms with Crippen molar-refractivity contribution >= 4 is 28.6 Å². The van der Waals surface area contributed by atoms with Crippen molar-refractivity contribution in [2.75, 3.05) is 0 Å². The third-order valence-corrected chi connectivity index (χ3v) is 4.57. The molecule has 0 spiro atoms. The maximum Gasteiger partial charge on any atom is 0.160 e. The van der Waals surface area contributed by atoms with Crippen LogP contribution in [0.1, 0.15) is 22.9 Å². The molecule has 7 heteroatoms. The molecule has 0 atom stereocenters. The maximum atomic E-state index is 6.23. The number of pyridine rings is 1. The molecule has 5 nitrogen and oxygen atoms in total. The number of rotatable bonds is 1. The average molecular weight is 316 g/mol.